The van der Waals surface area contributed by atoms with Crippen molar-refractivity contribution in [2.45, 2.75) is 12.0 Å². The van der Waals surface area contributed by atoms with Crippen LogP contribution in [0.3, 0.4) is 0 Å². The third kappa shape index (κ3) is 3.72. The summed E-state index contributed by atoms with van der Waals surface area (Å²) >= 11 is 0. The van der Waals surface area contributed by atoms with Gasteiger partial charge in [0.15, 0.2) is 11.6 Å². The number of aromatic nitrogens is 2. The number of nitrogens with zero attached hydrogens (tertiary/aromatic N) is 2. The zero-order valence-electron chi connectivity index (χ0n) is 15.8. The fraction of sp³-hybridized carbons (Fsp3) is 0.190. The summed E-state index contributed by atoms with van der Waals surface area (Å²) in [5.41, 5.74) is 0.161. The molecule has 1 unspecified atom stereocenters. The molecule has 2 amide bonds. The number of urea groups is 1. The van der Waals surface area contributed by atoms with E-state index >= 15 is 0 Å². The minimum Gasteiger partial charge on any atom is -0.490 e. The van der Waals surface area contributed by atoms with Gasteiger partial charge in [-0.15, -0.1) is 0 Å². The van der Waals surface area contributed by atoms with Gasteiger partial charge in [0.2, 0.25) is 5.95 Å². The van der Waals surface area contributed by atoms with E-state index in [9.17, 15) is 18.0 Å². The van der Waals surface area contributed by atoms with Crippen molar-refractivity contribution in [2.24, 2.45) is 5.92 Å². The van der Waals surface area contributed by atoms with Crippen molar-refractivity contribution in [1.29, 1.82) is 0 Å². The zero-order valence-corrected chi connectivity index (χ0v) is 15.8. The smallest absolute Gasteiger partial charge is 0.320 e. The molecule has 10 heteroatoms. The highest BCUT2D eigenvalue weighted by Gasteiger charge is 2.57. The Labute approximate surface area is 174 Å². The van der Waals surface area contributed by atoms with E-state index in [1.54, 1.807) is 6.07 Å². The number of ether oxygens (including phenoxy) is 2. The minimum atomic E-state index is -0.670. The molecule has 0 bridgehead atoms. The SMILES string of the molecule is O=C(Nc1ccc(Oc2ccnc(F)c2)cn1)NC1[C@H]2COc3c(F)ccc(F)c3[C@@H]12. The van der Waals surface area contributed by atoms with Crippen LogP contribution in [0, 0.1) is 23.5 Å². The maximum atomic E-state index is 14.2. The summed E-state index contributed by atoms with van der Waals surface area (Å²) in [5.74, 6) is -1.54. The highest BCUT2D eigenvalue weighted by molar-refractivity contribution is 5.89. The molecule has 5 rings (SSSR count). The molecule has 31 heavy (non-hydrogen) atoms. The first-order valence-electron chi connectivity index (χ1n) is 9.43. The Balaban J connectivity index is 1.20. The van der Waals surface area contributed by atoms with Gasteiger partial charge in [-0.1, -0.05) is 0 Å². The molecule has 0 radical (unpaired) electrons. The summed E-state index contributed by atoms with van der Waals surface area (Å²) in [5, 5.41) is 5.33. The van der Waals surface area contributed by atoms with Crippen LogP contribution >= 0.6 is 0 Å². The summed E-state index contributed by atoms with van der Waals surface area (Å²) in [7, 11) is 0. The Morgan fingerprint density at radius 3 is 2.68 bits per heavy atom. The largest absolute Gasteiger partial charge is 0.490 e. The van der Waals surface area contributed by atoms with Crippen molar-refractivity contribution >= 4 is 11.8 Å². The van der Waals surface area contributed by atoms with Gasteiger partial charge in [0.1, 0.15) is 23.1 Å². The predicted molar refractivity (Wildman–Crippen MR) is 103 cm³/mol. The van der Waals surface area contributed by atoms with E-state index in [4.69, 9.17) is 9.47 Å². The van der Waals surface area contributed by atoms with Gasteiger partial charge < -0.3 is 14.8 Å². The highest BCUT2D eigenvalue weighted by Crippen LogP contribution is 2.55. The van der Waals surface area contributed by atoms with E-state index in [-0.39, 0.29) is 47.4 Å². The first-order valence-corrected chi connectivity index (χ1v) is 9.43. The number of pyridine rings is 2. The Bertz CT molecular complexity index is 1160. The van der Waals surface area contributed by atoms with E-state index in [0.717, 1.165) is 18.2 Å². The fourth-order valence-corrected chi connectivity index (χ4v) is 3.76. The molecule has 2 aromatic heterocycles. The van der Waals surface area contributed by atoms with Crippen molar-refractivity contribution < 1.29 is 27.4 Å². The van der Waals surface area contributed by atoms with Crippen LogP contribution < -0.4 is 20.1 Å². The third-order valence-corrected chi connectivity index (χ3v) is 5.23. The van der Waals surface area contributed by atoms with Crippen LogP contribution in [0.25, 0.3) is 0 Å². The average Bonchev–Trinajstić information content (AvgIpc) is 3.44. The number of amides is 2. The number of carbonyl (C=O) groups is 1. The predicted octanol–water partition coefficient (Wildman–Crippen LogP) is 3.98. The molecule has 1 aliphatic heterocycles. The first kappa shape index (κ1) is 19.2. The molecule has 1 fully saturated rings. The van der Waals surface area contributed by atoms with Crippen LogP contribution in [0.4, 0.5) is 23.8 Å². The normalized spacial score (nSPS) is 20.7. The molecular formula is C21H15F3N4O3. The van der Waals surface area contributed by atoms with Gasteiger partial charge in [0.25, 0.3) is 0 Å². The number of nitrogens with one attached hydrogen (secondary N) is 2. The van der Waals surface area contributed by atoms with Crippen LogP contribution in [0.5, 0.6) is 17.2 Å². The van der Waals surface area contributed by atoms with Gasteiger partial charge in [0, 0.05) is 35.7 Å². The van der Waals surface area contributed by atoms with Crippen molar-refractivity contribution in [3.05, 3.63) is 71.9 Å². The number of hydrogen-bond donors (Lipinski definition) is 2. The molecule has 0 saturated heterocycles. The van der Waals surface area contributed by atoms with E-state index in [1.165, 1.54) is 24.5 Å². The Morgan fingerprint density at radius 2 is 1.90 bits per heavy atom. The molecule has 0 spiro atoms. The van der Waals surface area contributed by atoms with Crippen molar-refractivity contribution in [3.63, 3.8) is 0 Å². The Kier molecular flexibility index (Phi) is 4.61. The summed E-state index contributed by atoms with van der Waals surface area (Å²) in [4.78, 5) is 19.9. The number of halogens is 3. The number of fused-ring (bicyclic) bond motifs is 3. The first-order chi connectivity index (χ1) is 15.0. The molecule has 158 valence electrons. The standard InChI is InChI=1S/C21H15F3N4O3/c22-13-2-3-14(23)20-18(13)17-12(9-30-20)19(17)28-21(29)27-16-4-1-11(8-26-16)31-10-5-6-25-15(24)7-10/h1-8,12,17,19H,9H2,(H2,26,27,28,29)/t12-,17-,19?/m0/s1. The molecule has 3 aromatic rings. The summed E-state index contributed by atoms with van der Waals surface area (Å²) in [6.07, 6.45) is 2.64. The van der Waals surface area contributed by atoms with Crippen LogP contribution in [0.1, 0.15) is 11.5 Å². The topological polar surface area (TPSA) is 85.4 Å². The summed E-state index contributed by atoms with van der Waals surface area (Å²) in [6.45, 7) is 0.197. The number of anilines is 1. The maximum Gasteiger partial charge on any atom is 0.320 e. The molecule has 2 aliphatic rings. The van der Waals surface area contributed by atoms with Gasteiger partial charge in [-0.05, 0) is 30.3 Å². The molecule has 2 N–H and O–H groups in total. The molecule has 3 heterocycles. The second kappa shape index (κ2) is 7.46. The van der Waals surface area contributed by atoms with E-state index in [0.29, 0.717) is 5.75 Å². The van der Waals surface area contributed by atoms with Crippen molar-refractivity contribution in [1.82, 2.24) is 15.3 Å². The van der Waals surface area contributed by atoms with Crippen LogP contribution in [-0.2, 0) is 0 Å². The molecule has 3 atom stereocenters. The lowest BCUT2D eigenvalue weighted by molar-refractivity contribution is 0.247. The molecule has 1 aromatic carbocycles. The number of hydrogen-bond acceptors (Lipinski definition) is 5. The zero-order chi connectivity index (χ0) is 21.5. The summed E-state index contributed by atoms with van der Waals surface area (Å²) < 4.78 is 52.0. The van der Waals surface area contributed by atoms with Gasteiger partial charge >= 0.3 is 6.03 Å². The van der Waals surface area contributed by atoms with Gasteiger partial charge in [-0.25, -0.2) is 23.5 Å². The van der Waals surface area contributed by atoms with Crippen molar-refractivity contribution in [2.75, 3.05) is 11.9 Å². The average molecular weight is 428 g/mol. The van der Waals surface area contributed by atoms with E-state index < -0.39 is 23.6 Å². The van der Waals surface area contributed by atoms with Gasteiger partial charge in [-0.3, -0.25) is 5.32 Å². The molecule has 1 saturated carbocycles. The number of rotatable bonds is 4. The quantitative estimate of drug-likeness (QED) is 0.614. The van der Waals surface area contributed by atoms with E-state index in [1.807, 2.05) is 0 Å². The molecule has 1 aliphatic carbocycles. The van der Waals surface area contributed by atoms with Crippen LogP contribution in [0.2, 0.25) is 0 Å². The lowest BCUT2D eigenvalue weighted by Crippen LogP contribution is -2.32. The van der Waals surface area contributed by atoms with Crippen LogP contribution in [0.15, 0.2) is 48.8 Å². The van der Waals surface area contributed by atoms with Crippen molar-refractivity contribution in [3.8, 4) is 17.2 Å². The highest BCUT2D eigenvalue weighted by atomic mass is 19.1. The van der Waals surface area contributed by atoms with E-state index in [2.05, 4.69) is 20.6 Å². The number of carbonyl (C=O) groups excluding carboxylic acids is 1. The lowest BCUT2D eigenvalue weighted by atomic mass is 10.0. The second-order valence-electron chi connectivity index (χ2n) is 7.19. The number of benzene rings is 1. The Hall–Kier alpha value is -3.82. The fourth-order valence-electron chi connectivity index (χ4n) is 3.76. The second-order valence-corrected chi connectivity index (χ2v) is 7.19. The summed E-state index contributed by atoms with van der Waals surface area (Å²) in [6, 6.07) is 6.87. The molecular weight excluding hydrogens is 413 g/mol. The van der Waals surface area contributed by atoms with Gasteiger partial charge in [-0.2, -0.15) is 4.39 Å². The molecule has 7 nitrogen and oxygen atoms in total. The third-order valence-electron chi connectivity index (χ3n) is 5.23. The monoisotopic (exact) mass is 428 g/mol. The lowest BCUT2D eigenvalue weighted by Gasteiger charge is -2.16. The van der Waals surface area contributed by atoms with Crippen LogP contribution in [-0.4, -0.2) is 28.6 Å². The minimum absolute atomic E-state index is 0.0858. The maximum absolute atomic E-state index is 14.2. The van der Waals surface area contributed by atoms with Gasteiger partial charge in [0.05, 0.1) is 12.8 Å². The Morgan fingerprint density at radius 1 is 1.06 bits per heavy atom.